The fraction of sp³-hybridized carbons (Fsp3) is 0.105. The van der Waals surface area contributed by atoms with Gasteiger partial charge in [-0.3, -0.25) is 4.79 Å². The van der Waals surface area contributed by atoms with E-state index in [1.165, 1.54) is 29.2 Å². The summed E-state index contributed by atoms with van der Waals surface area (Å²) in [6.07, 6.45) is 2.89. The van der Waals surface area contributed by atoms with Crippen LogP contribution in [0.1, 0.15) is 4.88 Å². The molecule has 0 atom stereocenters. The molecule has 3 rings (SSSR count). The Balaban J connectivity index is 1.67. The van der Waals surface area contributed by atoms with Gasteiger partial charge in [-0.15, -0.1) is 11.3 Å². The number of thioether (sulfide) groups is 1. The zero-order chi connectivity index (χ0) is 18.5. The van der Waals surface area contributed by atoms with Crippen LogP contribution >= 0.6 is 23.1 Å². The summed E-state index contributed by atoms with van der Waals surface area (Å²) in [4.78, 5) is 27.8. The van der Waals surface area contributed by atoms with Crippen molar-refractivity contribution in [2.45, 2.75) is 4.90 Å². The number of carbonyl (C=O) groups is 2. The number of hydrogen-bond acceptors (Lipinski definition) is 7. The van der Waals surface area contributed by atoms with Crippen molar-refractivity contribution >= 4 is 46.6 Å². The lowest BCUT2D eigenvalue weighted by atomic mass is 10.2. The normalized spacial score (nSPS) is 14.8. The van der Waals surface area contributed by atoms with Gasteiger partial charge in [-0.25, -0.2) is 4.79 Å². The molecule has 0 saturated carbocycles. The number of nitriles is 1. The Morgan fingerprint density at radius 2 is 2.08 bits per heavy atom. The lowest BCUT2D eigenvalue weighted by Gasteiger charge is -2.14. The van der Waals surface area contributed by atoms with E-state index >= 15 is 0 Å². The molecule has 26 heavy (non-hydrogen) atoms. The summed E-state index contributed by atoms with van der Waals surface area (Å²) in [7, 11) is 1.80. The molecule has 0 fully saturated rings. The minimum Gasteiger partial charge on any atom is -0.454 e. The summed E-state index contributed by atoms with van der Waals surface area (Å²) < 4.78 is 4.97. The maximum Gasteiger partial charge on any atom is 0.331 e. The Morgan fingerprint density at radius 1 is 1.27 bits per heavy atom. The molecule has 7 heteroatoms. The Morgan fingerprint density at radius 3 is 2.77 bits per heavy atom. The number of nitrogens with zero attached hydrogens (tertiary/aromatic N) is 2. The Kier molecular flexibility index (Phi) is 5.56. The monoisotopic (exact) mass is 382 g/mol. The first-order valence-corrected chi connectivity index (χ1v) is 9.36. The minimum atomic E-state index is -0.621. The molecule has 1 aromatic heterocycles. The van der Waals surface area contributed by atoms with E-state index in [0.717, 1.165) is 15.5 Å². The lowest BCUT2D eigenvalue weighted by Crippen LogP contribution is -2.19. The second-order valence-electron chi connectivity index (χ2n) is 5.30. The highest BCUT2D eigenvalue weighted by molar-refractivity contribution is 8.03. The van der Waals surface area contributed by atoms with Gasteiger partial charge in [-0.05, 0) is 29.7 Å². The van der Waals surface area contributed by atoms with Crippen LogP contribution in [0.3, 0.4) is 0 Å². The zero-order valence-electron chi connectivity index (χ0n) is 13.8. The highest BCUT2D eigenvalue weighted by Crippen LogP contribution is 2.46. The molecule has 130 valence electrons. The number of anilines is 1. The van der Waals surface area contributed by atoms with Gasteiger partial charge in [-0.2, -0.15) is 5.26 Å². The molecule has 1 aliphatic heterocycles. The van der Waals surface area contributed by atoms with Crippen LogP contribution in [-0.4, -0.2) is 25.4 Å². The molecule has 0 spiro atoms. The molecule has 0 bridgehead atoms. The van der Waals surface area contributed by atoms with Gasteiger partial charge in [0.25, 0.3) is 0 Å². The predicted molar refractivity (Wildman–Crippen MR) is 103 cm³/mol. The maximum atomic E-state index is 12.4. The molecule has 1 aromatic carbocycles. The fourth-order valence-electron chi connectivity index (χ4n) is 2.34. The molecule has 0 aliphatic carbocycles. The van der Waals surface area contributed by atoms with Crippen molar-refractivity contribution in [2.24, 2.45) is 0 Å². The van der Waals surface area contributed by atoms with Gasteiger partial charge in [0, 0.05) is 22.9 Å². The largest absolute Gasteiger partial charge is 0.454 e. The molecule has 2 aromatic rings. The van der Waals surface area contributed by atoms with Gasteiger partial charge < -0.3 is 9.64 Å². The predicted octanol–water partition coefficient (Wildman–Crippen LogP) is 3.85. The number of hydrogen-bond donors (Lipinski definition) is 0. The van der Waals surface area contributed by atoms with E-state index < -0.39 is 18.4 Å². The van der Waals surface area contributed by atoms with E-state index in [2.05, 4.69) is 0 Å². The van der Waals surface area contributed by atoms with E-state index in [1.54, 1.807) is 18.0 Å². The van der Waals surface area contributed by atoms with Crippen LogP contribution in [0.2, 0.25) is 0 Å². The van der Waals surface area contributed by atoms with Crippen LogP contribution in [0.4, 0.5) is 5.69 Å². The first-order chi connectivity index (χ1) is 12.6. The van der Waals surface area contributed by atoms with E-state index in [9.17, 15) is 14.9 Å². The molecular formula is C19H14N2O3S2. The second kappa shape index (κ2) is 8.04. The van der Waals surface area contributed by atoms with Crippen LogP contribution in [0.5, 0.6) is 0 Å². The number of thiophene rings is 1. The Bertz CT molecular complexity index is 940. The summed E-state index contributed by atoms with van der Waals surface area (Å²) in [5.41, 5.74) is 0.924. The topological polar surface area (TPSA) is 70.4 Å². The number of fused-ring (bicyclic) bond motifs is 1. The average molecular weight is 382 g/mol. The zero-order valence-corrected chi connectivity index (χ0v) is 15.5. The molecule has 1 aliphatic rings. The van der Waals surface area contributed by atoms with Crippen LogP contribution in [-0.2, 0) is 14.3 Å². The number of rotatable bonds is 5. The van der Waals surface area contributed by atoms with Gasteiger partial charge in [0.2, 0.25) is 5.78 Å². The summed E-state index contributed by atoms with van der Waals surface area (Å²) >= 11 is 2.85. The number of para-hydroxylation sites is 1. The van der Waals surface area contributed by atoms with Crippen molar-refractivity contribution in [1.29, 1.82) is 5.26 Å². The highest BCUT2D eigenvalue weighted by atomic mass is 32.2. The van der Waals surface area contributed by atoms with Crippen LogP contribution in [0, 0.1) is 11.3 Å². The first-order valence-electron chi connectivity index (χ1n) is 7.66. The SMILES string of the molecule is CN1/C(=C(\C#N)C(=O)COC(=O)/C=C/c2cccs2)Sc2ccccc21. The van der Waals surface area contributed by atoms with E-state index in [-0.39, 0.29) is 5.57 Å². The van der Waals surface area contributed by atoms with E-state index in [0.29, 0.717) is 5.03 Å². The summed E-state index contributed by atoms with van der Waals surface area (Å²) in [5.74, 6) is -1.14. The molecule has 0 radical (unpaired) electrons. The highest BCUT2D eigenvalue weighted by Gasteiger charge is 2.28. The summed E-state index contributed by atoms with van der Waals surface area (Å²) in [6.45, 7) is -0.468. The number of ether oxygens (including phenoxy) is 1. The summed E-state index contributed by atoms with van der Waals surface area (Å²) in [5, 5.41) is 11.9. The van der Waals surface area contributed by atoms with Crippen molar-refractivity contribution in [2.75, 3.05) is 18.6 Å². The molecular weight excluding hydrogens is 368 g/mol. The third-order valence-corrected chi connectivity index (χ3v) is 5.69. The third kappa shape index (κ3) is 3.87. The van der Waals surface area contributed by atoms with Crippen molar-refractivity contribution in [3.05, 3.63) is 63.3 Å². The quantitative estimate of drug-likeness (QED) is 0.444. The Hall–Kier alpha value is -2.82. The van der Waals surface area contributed by atoms with Crippen molar-refractivity contribution in [3.63, 3.8) is 0 Å². The van der Waals surface area contributed by atoms with Crippen molar-refractivity contribution in [3.8, 4) is 6.07 Å². The third-order valence-electron chi connectivity index (χ3n) is 3.61. The van der Waals surface area contributed by atoms with Crippen LogP contribution < -0.4 is 4.90 Å². The molecule has 2 heterocycles. The number of esters is 1. The fourth-order valence-corrected chi connectivity index (χ4v) is 4.12. The molecule has 5 nitrogen and oxygen atoms in total. The standard InChI is InChI=1S/C19H14N2O3S2/c1-21-15-6-2-3-7-17(15)26-19(21)14(11-20)16(22)12-24-18(23)9-8-13-5-4-10-25-13/h2-10H,12H2,1H3/b9-8+,19-14-. The maximum absolute atomic E-state index is 12.4. The van der Waals surface area contributed by atoms with Crippen LogP contribution in [0.15, 0.2) is 63.4 Å². The molecule has 0 N–H and O–H groups in total. The van der Waals surface area contributed by atoms with Crippen molar-refractivity contribution in [1.82, 2.24) is 0 Å². The van der Waals surface area contributed by atoms with Gasteiger partial charge in [0.05, 0.1) is 5.69 Å². The lowest BCUT2D eigenvalue weighted by molar-refractivity contribution is -0.141. The Labute approximate surface area is 159 Å². The number of Topliss-reactive ketones (excluding diaryl/α,β-unsaturated/α-hetero) is 1. The van der Waals surface area contributed by atoms with Gasteiger partial charge >= 0.3 is 5.97 Å². The van der Waals surface area contributed by atoms with Crippen molar-refractivity contribution < 1.29 is 14.3 Å². The molecule has 0 unspecified atom stereocenters. The van der Waals surface area contributed by atoms with Crippen LogP contribution in [0.25, 0.3) is 6.08 Å². The minimum absolute atomic E-state index is 0.0104. The smallest absolute Gasteiger partial charge is 0.331 e. The van der Waals surface area contributed by atoms with E-state index in [4.69, 9.17) is 4.74 Å². The number of benzene rings is 1. The number of ketones is 1. The van der Waals surface area contributed by atoms with E-state index in [1.807, 2.05) is 47.8 Å². The number of carbonyl (C=O) groups excluding carboxylic acids is 2. The van der Waals surface area contributed by atoms with Gasteiger partial charge in [0.1, 0.15) is 16.7 Å². The van der Waals surface area contributed by atoms with Gasteiger partial charge in [-0.1, -0.05) is 30.0 Å². The molecule has 0 amide bonds. The molecule has 0 saturated heterocycles. The van der Waals surface area contributed by atoms with Gasteiger partial charge in [0.15, 0.2) is 6.61 Å². The second-order valence-corrected chi connectivity index (χ2v) is 7.31. The summed E-state index contributed by atoms with van der Waals surface area (Å²) in [6, 6.07) is 13.3. The average Bonchev–Trinajstić information content (AvgIpc) is 3.28. The first kappa shape index (κ1) is 18.0.